The molecule has 1 aliphatic rings. The molecule has 0 atom stereocenters. The SMILES string of the molecule is Cn1c(C2CCCC2)nn(-c2cc(F)cc(F)c2)c1=O. The zero-order valence-electron chi connectivity index (χ0n) is 11.1. The standard InChI is InChI=1S/C14H15F2N3O/c1-18-13(9-4-2-3-5-9)17-19(14(18)20)12-7-10(15)6-11(16)8-12/h6-9H,2-5H2,1H3. The lowest BCUT2D eigenvalue weighted by atomic mass is 10.1. The molecule has 1 aromatic heterocycles. The van der Waals surface area contributed by atoms with E-state index in [4.69, 9.17) is 0 Å². The number of benzene rings is 1. The largest absolute Gasteiger partial charge is 0.350 e. The highest BCUT2D eigenvalue weighted by Gasteiger charge is 2.24. The summed E-state index contributed by atoms with van der Waals surface area (Å²) in [6.45, 7) is 0. The number of rotatable bonds is 2. The van der Waals surface area contributed by atoms with E-state index in [2.05, 4.69) is 5.10 Å². The first-order valence-corrected chi connectivity index (χ1v) is 6.68. The van der Waals surface area contributed by atoms with Crippen LogP contribution in [0.1, 0.15) is 37.4 Å². The van der Waals surface area contributed by atoms with Crippen LogP contribution in [0.3, 0.4) is 0 Å². The van der Waals surface area contributed by atoms with Gasteiger partial charge in [0.15, 0.2) is 0 Å². The van der Waals surface area contributed by atoms with Crippen molar-refractivity contribution in [2.24, 2.45) is 7.05 Å². The first-order valence-electron chi connectivity index (χ1n) is 6.68. The molecule has 2 aromatic rings. The maximum atomic E-state index is 13.3. The monoisotopic (exact) mass is 279 g/mol. The summed E-state index contributed by atoms with van der Waals surface area (Å²) in [4.78, 5) is 12.2. The summed E-state index contributed by atoms with van der Waals surface area (Å²) >= 11 is 0. The fourth-order valence-corrected chi connectivity index (χ4v) is 2.82. The van der Waals surface area contributed by atoms with Crippen molar-refractivity contribution < 1.29 is 8.78 Å². The lowest BCUT2D eigenvalue weighted by Crippen LogP contribution is -2.22. The minimum Gasteiger partial charge on any atom is -0.281 e. The highest BCUT2D eigenvalue weighted by atomic mass is 19.1. The van der Waals surface area contributed by atoms with Crippen molar-refractivity contribution in [2.45, 2.75) is 31.6 Å². The van der Waals surface area contributed by atoms with Crippen molar-refractivity contribution in [1.82, 2.24) is 14.3 Å². The minimum absolute atomic E-state index is 0.118. The second-order valence-corrected chi connectivity index (χ2v) is 5.22. The van der Waals surface area contributed by atoms with Gasteiger partial charge in [-0.1, -0.05) is 12.8 Å². The van der Waals surface area contributed by atoms with Gasteiger partial charge in [0.25, 0.3) is 0 Å². The van der Waals surface area contributed by atoms with Gasteiger partial charge in [0.2, 0.25) is 0 Å². The summed E-state index contributed by atoms with van der Waals surface area (Å²) in [6.07, 6.45) is 4.25. The molecular formula is C14H15F2N3O. The second-order valence-electron chi connectivity index (χ2n) is 5.22. The lowest BCUT2D eigenvalue weighted by molar-refractivity contribution is 0.579. The van der Waals surface area contributed by atoms with Crippen molar-refractivity contribution in [3.8, 4) is 5.69 Å². The third-order valence-electron chi connectivity index (χ3n) is 3.83. The van der Waals surface area contributed by atoms with E-state index in [0.717, 1.165) is 48.6 Å². The molecule has 106 valence electrons. The lowest BCUT2D eigenvalue weighted by Gasteiger charge is -2.05. The minimum atomic E-state index is -0.722. The Morgan fingerprint density at radius 2 is 1.75 bits per heavy atom. The molecule has 1 saturated carbocycles. The van der Waals surface area contributed by atoms with Crippen molar-refractivity contribution in [2.75, 3.05) is 0 Å². The molecule has 3 rings (SSSR count). The first-order chi connectivity index (χ1) is 9.56. The Bertz CT molecular complexity index is 679. The van der Waals surface area contributed by atoms with Crippen LogP contribution in [0, 0.1) is 11.6 Å². The Morgan fingerprint density at radius 1 is 1.15 bits per heavy atom. The summed E-state index contributed by atoms with van der Waals surface area (Å²) in [7, 11) is 1.65. The van der Waals surface area contributed by atoms with Gasteiger partial charge in [0.1, 0.15) is 17.5 Å². The number of nitrogens with zero attached hydrogens (tertiary/aromatic N) is 3. The van der Waals surface area contributed by atoms with E-state index in [1.54, 1.807) is 7.05 Å². The van der Waals surface area contributed by atoms with E-state index in [0.29, 0.717) is 5.82 Å². The Balaban J connectivity index is 2.10. The fourth-order valence-electron chi connectivity index (χ4n) is 2.82. The van der Waals surface area contributed by atoms with Crippen LogP contribution in [0.25, 0.3) is 5.69 Å². The molecular weight excluding hydrogens is 264 g/mol. The third-order valence-corrected chi connectivity index (χ3v) is 3.83. The van der Waals surface area contributed by atoms with Gasteiger partial charge in [0.05, 0.1) is 5.69 Å². The molecule has 0 aliphatic heterocycles. The molecule has 0 bridgehead atoms. The molecule has 6 heteroatoms. The fraction of sp³-hybridized carbons (Fsp3) is 0.429. The summed E-state index contributed by atoms with van der Waals surface area (Å²) in [5.74, 6) is -0.496. The summed E-state index contributed by atoms with van der Waals surface area (Å²) in [5, 5.41) is 4.28. The van der Waals surface area contributed by atoms with Crippen LogP contribution in [0.15, 0.2) is 23.0 Å². The van der Waals surface area contributed by atoms with Gasteiger partial charge >= 0.3 is 5.69 Å². The predicted octanol–water partition coefficient (Wildman–Crippen LogP) is 2.51. The maximum Gasteiger partial charge on any atom is 0.350 e. The Hall–Kier alpha value is -1.98. The van der Waals surface area contributed by atoms with E-state index in [-0.39, 0.29) is 17.3 Å². The average molecular weight is 279 g/mol. The van der Waals surface area contributed by atoms with Crippen molar-refractivity contribution in [3.05, 3.63) is 46.1 Å². The molecule has 0 unspecified atom stereocenters. The molecule has 0 spiro atoms. The summed E-state index contributed by atoms with van der Waals surface area (Å²) < 4.78 is 29.1. The highest BCUT2D eigenvalue weighted by molar-refractivity contribution is 5.31. The van der Waals surface area contributed by atoms with Crippen LogP contribution in [0.2, 0.25) is 0 Å². The molecule has 1 heterocycles. The third kappa shape index (κ3) is 2.15. The van der Waals surface area contributed by atoms with Crippen LogP contribution >= 0.6 is 0 Å². The van der Waals surface area contributed by atoms with Gasteiger partial charge in [-0.05, 0) is 25.0 Å². The average Bonchev–Trinajstić information content (AvgIpc) is 2.99. The van der Waals surface area contributed by atoms with E-state index in [1.807, 2.05) is 0 Å². The molecule has 0 saturated heterocycles. The van der Waals surface area contributed by atoms with Crippen molar-refractivity contribution >= 4 is 0 Å². The van der Waals surface area contributed by atoms with Crippen LogP contribution in [0.5, 0.6) is 0 Å². The molecule has 0 amide bonds. The van der Waals surface area contributed by atoms with E-state index in [9.17, 15) is 13.6 Å². The van der Waals surface area contributed by atoms with Crippen molar-refractivity contribution in [3.63, 3.8) is 0 Å². The number of hydrogen-bond donors (Lipinski definition) is 0. The molecule has 0 radical (unpaired) electrons. The summed E-state index contributed by atoms with van der Waals surface area (Å²) in [5.41, 5.74) is -0.260. The zero-order valence-corrected chi connectivity index (χ0v) is 11.1. The quantitative estimate of drug-likeness (QED) is 0.847. The Kier molecular flexibility index (Phi) is 3.16. The van der Waals surface area contributed by atoms with Gasteiger partial charge in [-0.15, -0.1) is 5.10 Å². The van der Waals surface area contributed by atoms with E-state index >= 15 is 0 Å². The van der Waals surface area contributed by atoms with Crippen LogP contribution in [-0.2, 0) is 7.05 Å². The van der Waals surface area contributed by atoms with Gasteiger partial charge in [-0.25, -0.2) is 13.6 Å². The summed E-state index contributed by atoms with van der Waals surface area (Å²) in [6, 6.07) is 2.99. The molecule has 20 heavy (non-hydrogen) atoms. The van der Waals surface area contributed by atoms with Gasteiger partial charge < -0.3 is 0 Å². The van der Waals surface area contributed by atoms with Crippen molar-refractivity contribution in [1.29, 1.82) is 0 Å². The molecule has 4 nitrogen and oxygen atoms in total. The Morgan fingerprint density at radius 3 is 2.35 bits per heavy atom. The second kappa shape index (κ2) is 4.85. The smallest absolute Gasteiger partial charge is 0.281 e. The van der Waals surface area contributed by atoms with Crippen LogP contribution in [-0.4, -0.2) is 14.3 Å². The normalized spacial score (nSPS) is 15.9. The van der Waals surface area contributed by atoms with Crippen LogP contribution in [0.4, 0.5) is 8.78 Å². The maximum absolute atomic E-state index is 13.3. The first kappa shape index (κ1) is 13.0. The van der Waals surface area contributed by atoms with Gasteiger partial charge in [-0.3, -0.25) is 4.57 Å². The predicted molar refractivity (Wildman–Crippen MR) is 69.9 cm³/mol. The van der Waals surface area contributed by atoms with E-state index in [1.165, 1.54) is 4.57 Å². The molecule has 1 fully saturated rings. The number of aromatic nitrogens is 3. The zero-order chi connectivity index (χ0) is 14.3. The van der Waals surface area contributed by atoms with Gasteiger partial charge in [0, 0.05) is 19.0 Å². The van der Waals surface area contributed by atoms with Crippen LogP contribution < -0.4 is 5.69 Å². The number of hydrogen-bond acceptors (Lipinski definition) is 2. The van der Waals surface area contributed by atoms with Gasteiger partial charge in [-0.2, -0.15) is 4.68 Å². The molecule has 1 aromatic carbocycles. The number of halogens is 2. The van der Waals surface area contributed by atoms with E-state index < -0.39 is 11.6 Å². The molecule has 1 aliphatic carbocycles. The topological polar surface area (TPSA) is 39.8 Å². The highest BCUT2D eigenvalue weighted by Crippen LogP contribution is 2.32. The Labute approximate surface area is 114 Å². The molecule has 0 N–H and O–H groups in total.